The Bertz CT molecular complexity index is 612. The van der Waals surface area contributed by atoms with Gasteiger partial charge in [-0.1, -0.05) is 13.8 Å². The molecule has 0 aromatic rings. The summed E-state index contributed by atoms with van der Waals surface area (Å²) in [6.45, 7) is 7.43. The Balaban J connectivity index is 1.38. The van der Waals surface area contributed by atoms with E-state index in [2.05, 4.69) is 0 Å². The molecule has 2 aliphatic carbocycles. The lowest BCUT2D eigenvalue weighted by Gasteiger charge is -2.41. The molecule has 4 fully saturated rings. The maximum atomic E-state index is 12.1. The molecule has 28 heavy (non-hydrogen) atoms. The molecule has 2 saturated carbocycles. The Morgan fingerprint density at radius 2 is 1.82 bits per heavy atom. The van der Waals surface area contributed by atoms with E-state index in [4.69, 9.17) is 18.9 Å². The van der Waals surface area contributed by atoms with Crippen molar-refractivity contribution in [2.75, 3.05) is 19.8 Å². The molecule has 5 atom stereocenters. The fourth-order valence-corrected chi connectivity index (χ4v) is 4.43. The smallest absolute Gasteiger partial charge is 0.332 e. The summed E-state index contributed by atoms with van der Waals surface area (Å²) in [7, 11) is 0. The van der Waals surface area contributed by atoms with Crippen LogP contribution in [0.15, 0.2) is 0 Å². The SMILES string of the molecule is CC(C)C(C)(C)C(=O)OCCOC(=O)COC1C2CC3CC(C2)C(=O)OC1C3. The lowest BCUT2D eigenvalue weighted by molar-refractivity contribution is -0.170. The Morgan fingerprint density at radius 3 is 2.54 bits per heavy atom. The molecule has 0 aromatic heterocycles. The summed E-state index contributed by atoms with van der Waals surface area (Å²) in [6.07, 6.45) is 3.07. The van der Waals surface area contributed by atoms with Gasteiger partial charge in [0, 0.05) is 0 Å². The van der Waals surface area contributed by atoms with E-state index in [0.717, 1.165) is 25.7 Å². The highest BCUT2D eigenvalue weighted by molar-refractivity contribution is 5.76. The van der Waals surface area contributed by atoms with Crippen molar-refractivity contribution in [2.45, 2.75) is 65.6 Å². The van der Waals surface area contributed by atoms with Gasteiger partial charge in [-0.3, -0.25) is 9.59 Å². The largest absolute Gasteiger partial charge is 0.462 e. The van der Waals surface area contributed by atoms with Crippen molar-refractivity contribution in [1.29, 1.82) is 0 Å². The van der Waals surface area contributed by atoms with Gasteiger partial charge in [0.2, 0.25) is 0 Å². The van der Waals surface area contributed by atoms with Crippen molar-refractivity contribution >= 4 is 17.9 Å². The van der Waals surface area contributed by atoms with Crippen LogP contribution < -0.4 is 0 Å². The first-order valence-corrected chi connectivity index (χ1v) is 10.3. The number of fused-ring (bicyclic) bond motifs is 1. The maximum absolute atomic E-state index is 12.1. The average Bonchev–Trinajstić information content (AvgIpc) is 2.79. The molecule has 7 nitrogen and oxygen atoms in total. The van der Waals surface area contributed by atoms with Crippen molar-refractivity contribution in [3.63, 3.8) is 0 Å². The van der Waals surface area contributed by atoms with Crippen LogP contribution >= 0.6 is 0 Å². The summed E-state index contributed by atoms with van der Waals surface area (Å²) in [6, 6.07) is 0. The summed E-state index contributed by atoms with van der Waals surface area (Å²) in [5.74, 6) is 0.00314. The van der Waals surface area contributed by atoms with Gasteiger partial charge in [0.15, 0.2) is 0 Å². The quantitative estimate of drug-likeness (QED) is 0.354. The van der Waals surface area contributed by atoms with E-state index in [9.17, 15) is 14.4 Å². The summed E-state index contributed by atoms with van der Waals surface area (Å²) < 4.78 is 21.7. The molecular formula is C21H32O7. The zero-order chi connectivity index (χ0) is 20.5. The van der Waals surface area contributed by atoms with Gasteiger partial charge in [0.1, 0.15) is 25.9 Å². The third-order valence-electron chi connectivity index (χ3n) is 6.78. The summed E-state index contributed by atoms with van der Waals surface area (Å²) in [4.78, 5) is 36.1. The molecule has 0 amide bonds. The second-order valence-electron chi connectivity index (χ2n) is 9.25. The number of rotatable bonds is 8. The van der Waals surface area contributed by atoms with Crippen LogP contribution in [0.25, 0.3) is 0 Å². The predicted octanol–water partition coefficient (Wildman–Crippen LogP) is 2.50. The Labute approximate surface area is 166 Å². The van der Waals surface area contributed by atoms with Gasteiger partial charge < -0.3 is 18.9 Å². The molecular weight excluding hydrogens is 364 g/mol. The second kappa shape index (κ2) is 8.39. The first-order valence-electron chi connectivity index (χ1n) is 10.3. The highest BCUT2D eigenvalue weighted by Crippen LogP contribution is 2.48. The number of ether oxygens (including phenoxy) is 4. The van der Waals surface area contributed by atoms with Crippen molar-refractivity contribution < 1.29 is 33.3 Å². The summed E-state index contributed by atoms with van der Waals surface area (Å²) in [5, 5.41) is 0. The fraction of sp³-hybridized carbons (Fsp3) is 0.857. The van der Waals surface area contributed by atoms with E-state index in [-0.39, 0.29) is 61.7 Å². The zero-order valence-electron chi connectivity index (χ0n) is 17.3. The lowest BCUT2D eigenvalue weighted by Crippen LogP contribution is -2.45. The van der Waals surface area contributed by atoms with Crippen LogP contribution in [0.3, 0.4) is 0 Å². The molecule has 0 spiro atoms. The first-order chi connectivity index (χ1) is 13.2. The van der Waals surface area contributed by atoms with Gasteiger partial charge in [-0.05, 0) is 57.3 Å². The maximum Gasteiger partial charge on any atom is 0.332 e. The standard InChI is InChI=1S/C21H32O7/c1-12(2)21(3,4)20(24)26-6-5-25-17(22)11-27-18-14-7-13-8-15(10-14)19(23)28-16(18)9-13/h12-16,18H,5-11H2,1-4H3. The molecule has 2 heterocycles. The van der Waals surface area contributed by atoms with Crippen LogP contribution in [-0.4, -0.2) is 49.9 Å². The molecule has 158 valence electrons. The molecule has 0 aromatic carbocycles. The number of esters is 3. The minimum absolute atomic E-state index is 0.00122. The molecule has 4 aliphatic rings. The molecule has 5 unspecified atom stereocenters. The van der Waals surface area contributed by atoms with Gasteiger partial charge in [-0.2, -0.15) is 0 Å². The zero-order valence-corrected chi connectivity index (χ0v) is 17.3. The number of hydrogen-bond donors (Lipinski definition) is 0. The van der Waals surface area contributed by atoms with Crippen molar-refractivity contribution in [1.82, 2.24) is 0 Å². The van der Waals surface area contributed by atoms with Gasteiger partial charge >= 0.3 is 17.9 Å². The van der Waals surface area contributed by atoms with Gasteiger partial charge in [0.25, 0.3) is 0 Å². The minimum atomic E-state index is -0.581. The molecule has 2 saturated heterocycles. The van der Waals surface area contributed by atoms with E-state index < -0.39 is 11.4 Å². The molecule has 2 aliphatic heterocycles. The Kier molecular flexibility index (Phi) is 6.32. The van der Waals surface area contributed by atoms with E-state index >= 15 is 0 Å². The van der Waals surface area contributed by atoms with Crippen molar-refractivity contribution in [3.8, 4) is 0 Å². The minimum Gasteiger partial charge on any atom is -0.462 e. The Morgan fingerprint density at radius 1 is 1.11 bits per heavy atom. The van der Waals surface area contributed by atoms with Gasteiger partial charge in [-0.15, -0.1) is 0 Å². The van der Waals surface area contributed by atoms with Crippen molar-refractivity contribution in [3.05, 3.63) is 0 Å². The van der Waals surface area contributed by atoms with Crippen LogP contribution in [0.1, 0.15) is 53.4 Å². The van der Waals surface area contributed by atoms with E-state index in [0.29, 0.717) is 5.92 Å². The molecule has 4 bridgehead atoms. The number of carbonyl (C=O) groups is 3. The monoisotopic (exact) mass is 396 g/mol. The highest BCUT2D eigenvalue weighted by Gasteiger charge is 2.50. The lowest BCUT2D eigenvalue weighted by atomic mass is 9.67. The van der Waals surface area contributed by atoms with E-state index in [1.165, 1.54) is 0 Å². The van der Waals surface area contributed by atoms with Crippen LogP contribution in [0.2, 0.25) is 0 Å². The topological polar surface area (TPSA) is 88.1 Å². The summed E-state index contributed by atoms with van der Waals surface area (Å²) in [5.41, 5.74) is -0.581. The van der Waals surface area contributed by atoms with Crippen LogP contribution in [0.5, 0.6) is 0 Å². The number of carbonyl (C=O) groups excluding carboxylic acids is 3. The third kappa shape index (κ3) is 4.50. The van der Waals surface area contributed by atoms with Gasteiger partial charge in [0.05, 0.1) is 17.4 Å². The highest BCUT2D eigenvalue weighted by atomic mass is 16.6. The fourth-order valence-electron chi connectivity index (χ4n) is 4.43. The molecule has 0 N–H and O–H groups in total. The normalized spacial score (nSPS) is 31.5. The summed E-state index contributed by atoms with van der Waals surface area (Å²) >= 11 is 0. The second-order valence-corrected chi connectivity index (χ2v) is 9.25. The molecule has 4 rings (SSSR count). The average molecular weight is 396 g/mol. The third-order valence-corrected chi connectivity index (χ3v) is 6.78. The Hall–Kier alpha value is -1.63. The van der Waals surface area contributed by atoms with Crippen LogP contribution in [-0.2, 0) is 33.3 Å². The van der Waals surface area contributed by atoms with Gasteiger partial charge in [-0.25, -0.2) is 4.79 Å². The first kappa shape index (κ1) is 21.1. The predicted molar refractivity (Wildman–Crippen MR) is 99.1 cm³/mol. The molecule has 7 heteroatoms. The van der Waals surface area contributed by atoms with E-state index in [1.54, 1.807) is 0 Å². The number of hydrogen-bond acceptors (Lipinski definition) is 7. The molecule has 0 radical (unpaired) electrons. The van der Waals surface area contributed by atoms with Crippen LogP contribution in [0.4, 0.5) is 0 Å². The van der Waals surface area contributed by atoms with E-state index in [1.807, 2.05) is 27.7 Å². The van der Waals surface area contributed by atoms with Crippen LogP contribution in [0, 0.1) is 29.1 Å². The van der Waals surface area contributed by atoms with Crippen molar-refractivity contribution in [2.24, 2.45) is 29.1 Å².